The highest BCUT2D eigenvalue weighted by atomic mass is 19.1. The number of hydrogen-bond acceptors (Lipinski definition) is 4. The fourth-order valence-corrected chi connectivity index (χ4v) is 2.86. The molecule has 2 aromatic heterocycles. The second kappa shape index (κ2) is 6.44. The van der Waals surface area contributed by atoms with E-state index in [1.54, 1.807) is 16.8 Å². The van der Waals surface area contributed by atoms with E-state index in [4.69, 9.17) is 4.42 Å². The summed E-state index contributed by atoms with van der Waals surface area (Å²) in [6, 6.07) is 12.7. The van der Waals surface area contributed by atoms with Gasteiger partial charge < -0.3 is 9.73 Å². The first kappa shape index (κ1) is 16.0. The molecule has 2 heterocycles. The number of carbonyl (C=O) groups is 1. The van der Waals surface area contributed by atoms with E-state index in [1.165, 1.54) is 30.5 Å². The molecule has 0 radical (unpaired) electrons. The van der Waals surface area contributed by atoms with E-state index in [0.717, 1.165) is 5.39 Å². The van der Waals surface area contributed by atoms with Crippen LogP contribution in [0.4, 0.5) is 10.1 Å². The van der Waals surface area contributed by atoms with Crippen molar-refractivity contribution >= 4 is 33.5 Å². The summed E-state index contributed by atoms with van der Waals surface area (Å²) >= 11 is 0. The van der Waals surface area contributed by atoms with Gasteiger partial charge in [-0.15, -0.1) is 0 Å². The molecule has 0 saturated heterocycles. The maximum atomic E-state index is 12.9. The van der Waals surface area contributed by atoms with Gasteiger partial charge in [0.1, 0.15) is 16.8 Å². The first-order chi connectivity index (χ1) is 12.6. The van der Waals surface area contributed by atoms with Crippen molar-refractivity contribution in [3.63, 3.8) is 0 Å². The number of nitrogens with one attached hydrogen (secondary N) is 1. The molecule has 7 heteroatoms. The highest BCUT2D eigenvalue weighted by Crippen LogP contribution is 2.22. The van der Waals surface area contributed by atoms with Gasteiger partial charge in [0.25, 0.3) is 0 Å². The number of amides is 1. The molecule has 0 unspecified atom stereocenters. The number of aryl methyl sites for hydroxylation is 1. The number of halogens is 1. The Labute approximate surface area is 146 Å². The average molecular weight is 351 g/mol. The number of hydrogen-bond donors (Lipinski definition) is 1. The van der Waals surface area contributed by atoms with Crippen LogP contribution in [0, 0.1) is 5.82 Å². The molecule has 0 bridgehead atoms. The fraction of sp³-hybridized carbons (Fsp3) is 0.105. The van der Waals surface area contributed by atoms with E-state index in [-0.39, 0.29) is 18.1 Å². The smallest absolute Gasteiger partial charge is 0.347 e. The Morgan fingerprint density at radius 3 is 2.69 bits per heavy atom. The molecule has 1 amide bonds. The topological polar surface area (TPSA) is 77.1 Å². The lowest BCUT2D eigenvalue weighted by Crippen LogP contribution is -2.15. The molecule has 6 nitrogen and oxygen atoms in total. The van der Waals surface area contributed by atoms with Crippen molar-refractivity contribution in [3.05, 3.63) is 71.0 Å². The highest BCUT2D eigenvalue weighted by Gasteiger charge is 2.13. The van der Waals surface area contributed by atoms with Crippen molar-refractivity contribution in [2.45, 2.75) is 13.0 Å². The van der Waals surface area contributed by atoms with E-state index in [1.807, 2.05) is 12.1 Å². The third kappa shape index (κ3) is 2.95. The molecule has 4 aromatic rings. The van der Waals surface area contributed by atoms with Crippen LogP contribution < -0.4 is 10.9 Å². The monoisotopic (exact) mass is 351 g/mol. The minimum Gasteiger partial charge on any atom is -0.422 e. The third-order valence-corrected chi connectivity index (χ3v) is 4.08. The zero-order valence-electron chi connectivity index (χ0n) is 13.6. The molecule has 130 valence electrons. The van der Waals surface area contributed by atoms with Gasteiger partial charge in [-0.2, -0.15) is 5.10 Å². The van der Waals surface area contributed by atoms with Crippen LogP contribution in [0.25, 0.3) is 21.9 Å². The van der Waals surface area contributed by atoms with Crippen molar-refractivity contribution in [1.29, 1.82) is 0 Å². The molecular weight excluding hydrogens is 337 g/mol. The summed E-state index contributed by atoms with van der Waals surface area (Å²) < 4.78 is 19.8. The van der Waals surface area contributed by atoms with E-state index < -0.39 is 5.63 Å². The second-order valence-corrected chi connectivity index (χ2v) is 5.82. The zero-order valence-corrected chi connectivity index (χ0v) is 13.6. The van der Waals surface area contributed by atoms with Gasteiger partial charge >= 0.3 is 5.63 Å². The van der Waals surface area contributed by atoms with Crippen LogP contribution in [0.15, 0.2) is 63.9 Å². The number of fused-ring (bicyclic) bond motifs is 3. The first-order valence-corrected chi connectivity index (χ1v) is 8.04. The molecule has 0 aliphatic heterocycles. The standard InChI is InChI=1S/C19H14FN3O3/c20-12-5-7-13(8-6-12)22-17(24)9-10-23-18-14-3-1-2-4-16(14)26-19(25)15(18)11-21-23/h1-8,11H,9-10H2,(H,22,24). The SMILES string of the molecule is O=C(CCn1ncc2c(=O)oc3ccccc3c21)Nc1ccc(F)cc1. The Morgan fingerprint density at radius 2 is 1.88 bits per heavy atom. The van der Waals surface area contributed by atoms with Crippen LogP contribution in [0.5, 0.6) is 0 Å². The predicted molar refractivity (Wildman–Crippen MR) is 95.4 cm³/mol. The van der Waals surface area contributed by atoms with Gasteiger partial charge in [-0.05, 0) is 36.4 Å². The summed E-state index contributed by atoms with van der Waals surface area (Å²) in [7, 11) is 0. The van der Waals surface area contributed by atoms with Crippen LogP contribution in [-0.4, -0.2) is 15.7 Å². The second-order valence-electron chi connectivity index (χ2n) is 5.82. The summed E-state index contributed by atoms with van der Waals surface area (Å²) in [4.78, 5) is 24.2. The molecule has 1 N–H and O–H groups in total. The van der Waals surface area contributed by atoms with Crippen LogP contribution in [0.1, 0.15) is 6.42 Å². The van der Waals surface area contributed by atoms with E-state index in [2.05, 4.69) is 10.4 Å². The molecule has 0 saturated carbocycles. The normalized spacial score (nSPS) is 11.1. The predicted octanol–water partition coefficient (Wildman–Crippen LogP) is 3.31. The fourth-order valence-electron chi connectivity index (χ4n) is 2.86. The number of carbonyl (C=O) groups excluding carboxylic acids is 1. The third-order valence-electron chi connectivity index (χ3n) is 4.08. The number of anilines is 1. The molecule has 0 aliphatic rings. The van der Waals surface area contributed by atoms with Crippen LogP contribution >= 0.6 is 0 Å². The largest absolute Gasteiger partial charge is 0.422 e. The lowest BCUT2D eigenvalue weighted by molar-refractivity contribution is -0.116. The van der Waals surface area contributed by atoms with Crippen molar-refractivity contribution in [3.8, 4) is 0 Å². The van der Waals surface area contributed by atoms with Crippen LogP contribution in [-0.2, 0) is 11.3 Å². The minimum atomic E-state index is -0.458. The lowest BCUT2D eigenvalue weighted by Gasteiger charge is -2.07. The average Bonchev–Trinajstić information content (AvgIpc) is 3.07. The lowest BCUT2D eigenvalue weighted by atomic mass is 10.2. The molecule has 0 fully saturated rings. The van der Waals surface area contributed by atoms with Gasteiger partial charge in [0, 0.05) is 17.5 Å². The Hall–Kier alpha value is -3.48. The number of benzene rings is 2. The Balaban J connectivity index is 1.58. The molecule has 4 rings (SSSR count). The summed E-state index contributed by atoms with van der Waals surface area (Å²) in [5, 5.41) is 8.07. The highest BCUT2D eigenvalue weighted by molar-refractivity contribution is 6.01. The van der Waals surface area contributed by atoms with Gasteiger partial charge in [-0.3, -0.25) is 9.48 Å². The Kier molecular flexibility index (Phi) is 3.96. The van der Waals surface area contributed by atoms with Crippen molar-refractivity contribution in [2.24, 2.45) is 0 Å². The van der Waals surface area contributed by atoms with Crippen molar-refractivity contribution < 1.29 is 13.6 Å². The van der Waals surface area contributed by atoms with Crippen molar-refractivity contribution in [1.82, 2.24) is 9.78 Å². The Bertz CT molecular complexity index is 1160. The molecule has 0 aliphatic carbocycles. The first-order valence-electron chi connectivity index (χ1n) is 8.04. The summed E-state index contributed by atoms with van der Waals surface area (Å²) in [6.07, 6.45) is 1.61. The quantitative estimate of drug-likeness (QED) is 0.572. The van der Waals surface area contributed by atoms with Gasteiger partial charge in [0.2, 0.25) is 5.91 Å². The minimum absolute atomic E-state index is 0.155. The van der Waals surface area contributed by atoms with E-state index in [9.17, 15) is 14.0 Å². The van der Waals surface area contributed by atoms with Crippen LogP contribution in [0.3, 0.4) is 0 Å². The maximum absolute atomic E-state index is 12.9. The number of para-hydroxylation sites is 1. The van der Waals surface area contributed by atoms with Gasteiger partial charge in [0.15, 0.2) is 0 Å². The number of aromatic nitrogens is 2. The zero-order chi connectivity index (χ0) is 18.1. The van der Waals surface area contributed by atoms with Gasteiger partial charge in [-0.1, -0.05) is 12.1 Å². The van der Waals surface area contributed by atoms with Gasteiger partial charge in [0.05, 0.1) is 18.3 Å². The Morgan fingerprint density at radius 1 is 1.12 bits per heavy atom. The molecule has 0 atom stereocenters. The summed E-state index contributed by atoms with van der Waals surface area (Å²) in [6.45, 7) is 0.296. The molecule has 0 spiro atoms. The molecule has 2 aromatic carbocycles. The number of nitrogens with zero attached hydrogens (tertiary/aromatic N) is 2. The van der Waals surface area contributed by atoms with E-state index >= 15 is 0 Å². The van der Waals surface area contributed by atoms with Crippen molar-refractivity contribution in [2.75, 3.05) is 5.32 Å². The molecule has 26 heavy (non-hydrogen) atoms. The molecular formula is C19H14FN3O3. The van der Waals surface area contributed by atoms with E-state index in [0.29, 0.717) is 28.7 Å². The summed E-state index contributed by atoms with van der Waals surface area (Å²) in [5.74, 6) is -0.593. The van der Waals surface area contributed by atoms with Gasteiger partial charge in [-0.25, -0.2) is 9.18 Å². The summed E-state index contributed by atoms with van der Waals surface area (Å²) in [5.41, 5.74) is 1.18. The maximum Gasteiger partial charge on any atom is 0.347 e. The van der Waals surface area contributed by atoms with Crippen LogP contribution in [0.2, 0.25) is 0 Å². The number of rotatable bonds is 4.